The largest absolute Gasteiger partial charge is 0.481 e. The summed E-state index contributed by atoms with van der Waals surface area (Å²) in [7, 11) is 0. The van der Waals surface area contributed by atoms with E-state index in [1.54, 1.807) is 0 Å². The highest BCUT2D eigenvalue weighted by Crippen LogP contribution is 2.24. The van der Waals surface area contributed by atoms with E-state index in [1.807, 2.05) is 6.07 Å². The Balaban J connectivity index is 1.77. The number of unbranched alkanes of at least 4 members (excludes halogenated alkanes) is 1. The Morgan fingerprint density at radius 1 is 1.11 bits per heavy atom. The molecule has 0 spiro atoms. The number of hydrogen-bond donors (Lipinski definition) is 2. The van der Waals surface area contributed by atoms with Crippen LogP contribution in [0, 0.1) is 0 Å². The molecule has 0 atom stereocenters. The second-order valence-electron chi connectivity index (χ2n) is 4.99. The molecule has 1 aliphatic carbocycles. The number of nitrogens with one attached hydrogen (secondary N) is 1. The number of rotatable bonds is 6. The molecule has 102 valence electrons. The van der Waals surface area contributed by atoms with Gasteiger partial charge in [-0.2, -0.15) is 0 Å². The number of amides is 1. The van der Waals surface area contributed by atoms with E-state index in [-0.39, 0.29) is 12.3 Å². The third-order valence-corrected chi connectivity index (χ3v) is 3.43. The number of carbonyl (C=O) groups excluding carboxylic acids is 1. The van der Waals surface area contributed by atoms with Crippen LogP contribution in [0.1, 0.15) is 43.2 Å². The number of fused-ring (bicyclic) bond motifs is 1. The average molecular weight is 261 g/mol. The van der Waals surface area contributed by atoms with Crippen LogP contribution in [0.4, 0.5) is 5.69 Å². The maximum Gasteiger partial charge on any atom is 0.303 e. The number of aliphatic carboxylic acids is 1. The van der Waals surface area contributed by atoms with E-state index in [4.69, 9.17) is 5.11 Å². The average Bonchev–Trinajstić information content (AvgIpc) is 2.82. The van der Waals surface area contributed by atoms with Gasteiger partial charge in [-0.25, -0.2) is 0 Å². The van der Waals surface area contributed by atoms with Crippen molar-refractivity contribution in [3.8, 4) is 0 Å². The summed E-state index contributed by atoms with van der Waals surface area (Å²) >= 11 is 0. The van der Waals surface area contributed by atoms with Gasteiger partial charge in [0.05, 0.1) is 0 Å². The Kier molecular flexibility index (Phi) is 4.55. The maximum atomic E-state index is 11.7. The molecule has 19 heavy (non-hydrogen) atoms. The van der Waals surface area contributed by atoms with Crippen molar-refractivity contribution in [2.24, 2.45) is 0 Å². The van der Waals surface area contributed by atoms with Crippen LogP contribution >= 0.6 is 0 Å². The summed E-state index contributed by atoms with van der Waals surface area (Å²) < 4.78 is 0. The van der Waals surface area contributed by atoms with Crippen LogP contribution in [0.25, 0.3) is 0 Å². The van der Waals surface area contributed by atoms with Gasteiger partial charge >= 0.3 is 5.97 Å². The molecule has 0 aliphatic heterocycles. The fourth-order valence-electron chi connectivity index (χ4n) is 2.43. The van der Waals surface area contributed by atoms with Gasteiger partial charge in [0.15, 0.2) is 0 Å². The van der Waals surface area contributed by atoms with E-state index in [9.17, 15) is 9.59 Å². The Bertz CT molecular complexity index is 482. The van der Waals surface area contributed by atoms with Crippen molar-refractivity contribution in [1.29, 1.82) is 0 Å². The van der Waals surface area contributed by atoms with Crippen molar-refractivity contribution in [2.45, 2.75) is 44.9 Å². The molecular weight excluding hydrogens is 242 g/mol. The summed E-state index contributed by atoms with van der Waals surface area (Å²) in [6.45, 7) is 0. The molecule has 0 aromatic heterocycles. The quantitative estimate of drug-likeness (QED) is 0.774. The molecule has 1 aliphatic rings. The first kappa shape index (κ1) is 13.6. The molecule has 2 N–H and O–H groups in total. The Labute approximate surface area is 112 Å². The highest BCUT2D eigenvalue weighted by molar-refractivity contribution is 5.90. The van der Waals surface area contributed by atoms with Crippen LogP contribution in [-0.2, 0) is 22.4 Å². The van der Waals surface area contributed by atoms with E-state index >= 15 is 0 Å². The van der Waals surface area contributed by atoms with Gasteiger partial charge in [-0.1, -0.05) is 6.07 Å². The van der Waals surface area contributed by atoms with Gasteiger partial charge in [0.1, 0.15) is 0 Å². The Hall–Kier alpha value is -1.84. The predicted octanol–water partition coefficient (Wildman–Crippen LogP) is 2.76. The molecule has 4 nitrogen and oxygen atoms in total. The highest BCUT2D eigenvalue weighted by atomic mass is 16.4. The number of benzene rings is 1. The zero-order valence-electron chi connectivity index (χ0n) is 10.9. The molecule has 0 fully saturated rings. The summed E-state index contributed by atoms with van der Waals surface area (Å²) in [4.78, 5) is 22.0. The number of carbonyl (C=O) groups is 2. The third kappa shape index (κ3) is 4.09. The van der Waals surface area contributed by atoms with Crippen LogP contribution in [0.2, 0.25) is 0 Å². The minimum absolute atomic E-state index is 0.0386. The van der Waals surface area contributed by atoms with Crippen LogP contribution in [0.5, 0.6) is 0 Å². The maximum absolute atomic E-state index is 11.7. The summed E-state index contributed by atoms with van der Waals surface area (Å²) in [6.07, 6.45) is 5.10. The standard InChI is InChI=1S/C15H19NO3/c17-14(6-1-2-7-15(18)19)16-13-9-8-11-4-3-5-12(11)10-13/h8-10H,1-7H2,(H,16,17)(H,18,19). The second kappa shape index (κ2) is 6.36. The van der Waals surface area contributed by atoms with E-state index in [2.05, 4.69) is 17.4 Å². The number of carboxylic acid groups (broad SMARTS) is 1. The van der Waals surface area contributed by atoms with E-state index in [0.717, 1.165) is 18.5 Å². The topological polar surface area (TPSA) is 66.4 Å². The third-order valence-electron chi connectivity index (χ3n) is 3.43. The minimum Gasteiger partial charge on any atom is -0.481 e. The molecule has 0 radical (unpaired) electrons. The molecule has 0 bridgehead atoms. The van der Waals surface area contributed by atoms with Crippen LogP contribution in [-0.4, -0.2) is 17.0 Å². The number of hydrogen-bond acceptors (Lipinski definition) is 2. The molecule has 2 rings (SSSR count). The lowest BCUT2D eigenvalue weighted by atomic mass is 10.1. The molecular formula is C15H19NO3. The van der Waals surface area contributed by atoms with Crippen LogP contribution in [0.15, 0.2) is 18.2 Å². The van der Waals surface area contributed by atoms with Gasteiger partial charge in [0.2, 0.25) is 5.91 Å². The van der Waals surface area contributed by atoms with Crippen molar-refractivity contribution in [3.63, 3.8) is 0 Å². The monoisotopic (exact) mass is 261 g/mol. The van der Waals surface area contributed by atoms with Gasteiger partial charge in [0, 0.05) is 18.5 Å². The predicted molar refractivity (Wildman–Crippen MR) is 73.2 cm³/mol. The van der Waals surface area contributed by atoms with Crippen LogP contribution in [0.3, 0.4) is 0 Å². The SMILES string of the molecule is O=C(O)CCCCC(=O)Nc1ccc2c(c1)CCC2. The molecule has 4 heteroatoms. The number of carboxylic acids is 1. The fourth-order valence-corrected chi connectivity index (χ4v) is 2.43. The van der Waals surface area contributed by atoms with E-state index in [1.165, 1.54) is 17.5 Å². The highest BCUT2D eigenvalue weighted by Gasteiger charge is 2.11. The lowest BCUT2D eigenvalue weighted by Crippen LogP contribution is -2.11. The molecule has 1 aromatic rings. The van der Waals surface area contributed by atoms with E-state index in [0.29, 0.717) is 19.3 Å². The van der Waals surface area contributed by atoms with Gasteiger partial charge in [-0.15, -0.1) is 0 Å². The Morgan fingerprint density at radius 2 is 1.84 bits per heavy atom. The zero-order chi connectivity index (χ0) is 13.7. The minimum atomic E-state index is -0.806. The van der Waals surface area contributed by atoms with Gasteiger partial charge in [-0.3, -0.25) is 9.59 Å². The van der Waals surface area contributed by atoms with Crippen molar-refractivity contribution >= 4 is 17.6 Å². The fraction of sp³-hybridized carbons (Fsp3) is 0.467. The normalized spacial score (nSPS) is 13.1. The van der Waals surface area contributed by atoms with Crippen molar-refractivity contribution in [2.75, 3.05) is 5.32 Å². The van der Waals surface area contributed by atoms with Gasteiger partial charge < -0.3 is 10.4 Å². The summed E-state index contributed by atoms with van der Waals surface area (Å²) in [6, 6.07) is 6.08. The number of anilines is 1. The second-order valence-corrected chi connectivity index (χ2v) is 4.99. The van der Waals surface area contributed by atoms with Crippen molar-refractivity contribution < 1.29 is 14.7 Å². The first-order chi connectivity index (χ1) is 9.15. The molecule has 0 heterocycles. The molecule has 0 saturated heterocycles. The van der Waals surface area contributed by atoms with Crippen molar-refractivity contribution in [1.82, 2.24) is 0 Å². The zero-order valence-corrected chi connectivity index (χ0v) is 10.9. The van der Waals surface area contributed by atoms with Crippen molar-refractivity contribution in [3.05, 3.63) is 29.3 Å². The summed E-state index contributed by atoms with van der Waals surface area (Å²) in [5, 5.41) is 11.4. The first-order valence-electron chi connectivity index (χ1n) is 6.78. The molecule has 1 aromatic carbocycles. The number of aryl methyl sites for hydroxylation is 2. The lowest BCUT2D eigenvalue weighted by Gasteiger charge is -2.07. The van der Waals surface area contributed by atoms with E-state index < -0.39 is 5.97 Å². The lowest BCUT2D eigenvalue weighted by molar-refractivity contribution is -0.137. The molecule has 0 unspecified atom stereocenters. The van der Waals surface area contributed by atoms with Gasteiger partial charge in [-0.05, 0) is 55.4 Å². The van der Waals surface area contributed by atoms with Gasteiger partial charge in [0.25, 0.3) is 0 Å². The van der Waals surface area contributed by atoms with Crippen LogP contribution < -0.4 is 5.32 Å². The Morgan fingerprint density at radius 3 is 2.63 bits per heavy atom. The summed E-state index contributed by atoms with van der Waals surface area (Å²) in [5.41, 5.74) is 3.58. The summed E-state index contributed by atoms with van der Waals surface area (Å²) in [5.74, 6) is -0.845. The molecule has 1 amide bonds. The molecule has 0 saturated carbocycles. The smallest absolute Gasteiger partial charge is 0.303 e. The first-order valence-corrected chi connectivity index (χ1v) is 6.78.